The van der Waals surface area contributed by atoms with E-state index < -0.39 is 6.09 Å². The molecule has 0 unspecified atom stereocenters. The molecular weight excluding hydrogens is 156 g/mol. The summed E-state index contributed by atoms with van der Waals surface area (Å²) in [6, 6.07) is 0.0799. The number of piperidine rings is 1. The van der Waals surface area contributed by atoms with Gasteiger partial charge in [0.15, 0.2) is 0 Å². The molecule has 0 aliphatic carbocycles. The molecule has 1 heterocycles. The van der Waals surface area contributed by atoms with Gasteiger partial charge in [-0.05, 0) is 18.4 Å². The normalized spacial score (nSPS) is 28.0. The molecule has 1 amide bonds. The summed E-state index contributed by atoms with van der Waals surface area (Å²) in [4.78, 5) is 10.4. The molecule has 4 nitrogen and oxygen atoms in total. The summed E-state index contributed by atoms with van der Waals surface area (Å²) in [6.07, 6.45) is -0.0470. The monoisotopic (exact) mass is 172 g/mol. The number of carboxylic acid groups (broad SMARTS) is 1. The van der Waals surface area contributed by atoms with Gasteiger partial charge in [-0.3, -0.25) is 0 Å². The van der Waals surface area contributed by atoms with Gasteiger partial charge in [0.1, 0.15) is 0 Å². The second-order valence-corrected chi connectivity index (χ2v) is 3.96. The Hall–Kier alpha value is -0.770. The molecule has 70 valence electrons. The standard InChI is InChI=1S/C8H16N2O2/c1-8(2)5-9-4-3-6(8)10-7(11)12/h6,9-10H,3-5H2,1-2H3,(H,11,12)/t6-/m0/s1. The minimum atomic E-state index is -0.921. The van der Waals surface area contributed by atoms with Crippen molar-refractivity contribution in [2.75, 3.05) is 13.1 Å². The van der Waals surface area contributed by atoms with Crippen molar-refractivity contribution in [3.8, 4) is 0 Å². The molecule has 0 bridgehead atoms. The lowest BCUT2D eigenvalue weighted by molar-refractivity contribution is 0.152. The lowest BCUT2D eigenvalue weighted by atomic mass is 9.80. The van der Waals surface area contributed by atoms with Gasteiger partial charge in [0.2, 0.25) is 0 Å². The molecule has 1 fully saturated rings. The van der Waals surface area contributed by atoms with Crippen LogP contribution in [0, 0.1) is 5.41 Å². The van der Waals surface area contributed by atoms with Crippen LogP contribution in [0.1, 0.15) is 20.3 Å². The first-order valence-corrected chi connectivity index (χ1v) is 4.22. The lowest BCUT2D eigenvalue weighted by Gasteiger charge is -2.38. The smallest absolute Gasteiger partial charge is 0.404 e. The Morgan fingerprint density at radius 2 is 2.33 bits per heavy atom. The molecule has 3 N–H and O–H groups in total. The lowest BCUT2D eigenvalue weighted by Crippen LogP contribution is -2.54. The largest absolute Gasteiger partial charge is 0.465 e. The fourth-order valence-corrected chi connectivity index (χ4v) is 1.59. The van der Waals surface area contributed by atoms with Crippen LogP contribution in [0.2, 0.25) is 0 Å². The summed E-state index contributed by atoms with van der Waals surface area (Å²) < 4.78 is 0. The zero-order valence-corrected chi connectivity index (χ0v) is 7.55. The van der Waals surface area contributed by atoms with Gasteiger partial charge >= 0.3 is 6.09 Å². The van der Waals surface area contributed by atoms with Gasteiger partial charge in [-0.15, -0.1) is 0 Å². The Morgan fingerprint density at radius 3 is 2.83 bits per heavy atom. The number of hydrogen-bond acceptors (Lipinski definition) is 2. The van der Waals surface area contributed by atoms with Gasteiger partial charge in [-0.1, -0.05) is 13.8 Å². The van der Waals surface area contributed by atoms with Gasteiger partial charge in [0, 0.05) is 12.6 Å². The molecular formula is C8H16N2O2. The molecule has 1 rings (SSSR count). The fourth-order valence-electron chi connectivity index (χ4n) is 1.59. The molecule has 1 saturated heterocycles. The van der Waals surface area contributed by atoms with Gasteiger partial charge in [0.05, 0.1) is 0 Å². The van der Waals surface area contributed by atoms with Crippen LogP contribution >= 0.6 is 0 Å². The zero-order chi connectivity index (χ0) is 9.19. The van der Waals surface area contributed by atoms with Crippen molar-refractivity contribution < 1.29 is 9.90 Å². The van der Waals surface area contributed by atoms with Crippen LogP contribution in [-0.2, 0) is 0 Å². The molecule has 0 aromatic heterocycles. The number of nitrogens with one attached hydrogen (secondary N) is 2. The Bertz CT molecular complexity index is 180. The van der Waals surface area contributed by atoms with Gasteiger partial charge in [0.25, 0.3) is 0 Å². The molecule has 0 aromatic rings. The highest BCUT2D eigenvalue weighted by Crippen LogP contribution is 2.24. The van der Waals surface area contributed by atoms with Gasteiger partial charge in [-0.2, -0.15) is 0 Å². The molecule has 0 saturated carbocycles. The summed E-state index contributed by atoms with van der Waals surface area (Å²) in [5, 5.41) is 14.4. The van der Waals surface area contributed by atoms with Crippen molar-refractivity contribution in [1.82, 2.24) is 10.6 Å². The number of amides is 1. The second-order valence-electron chi connectivity index (χ2n) is 3.96. The molecule has 0 aromatic carbocycles. The predicted octanol–water partition coefficient (Wildman–Crippen LogP) is 0.642. The van der Waals surface area contributed by atoms with Crippen LogP contribution in [0.4, 0.5) is 4.79 Å². The van der Waals surface area contributed by atoms with Crippen molar-refractivity contribution in [3.05, 3.63) is 0 Å². The van der Waals surface area contributed by atoms with Crippen LogP contribution < -0.4 is 10.6 Å². The molecule has 1 aliphatic heterocycles. The molecule has 0 spiro atoms. The average molecular weight is 172 g/mol. The van der Waals surface area contributed by atoms with E-state index in [1.807, 2.05) is 0 Å². The van der Waals surface area contributed by atoms with E-state index in [9.17, 15) is 4.79 Å². The Labute approximate surface area is 72.3 Å². The first-order chi connectivity index (χ1) is 5.52. The SMILES string of the molecule is CC1(C)CNCC[C@@H]1NC(=O)O. The third-order valence-corrected chi connectivity index (χ3v) is 2.43. The van der Waals surface area contributed by atoms with E-state index in [-0.39, 0.29) is 11.5 Å². The molecule has 12 heavy (non-hydrogen) atoms. The van der Waals surface area contributed by atoms with Crippen LogP contribution in [-0.4, -0.2) is 30.3 Å². The third-order valence-electron chi connectivity index (χ3n) is 2.43. The third kappa shape index (κ3) is 2.11. The fraction of sp³-hybridized carbons (Fsp3) is 0.875. The molecule has 1 atom stereocenters. The predicted molar refractivity (Wildman–Crippen MR) is 46.2 cm³/mol. The quantitative estimate of drug-likeness (QED) is 0.544. The summed E-state index contributed by atoms with van der Waals surface area (Å²) in [6.45, 7) is 5.91. The second kappa shape index (κ2) is 3.31. The van der Waals surface area contributed by atoms with Crippen LogP contribution in [0.5, 0.6) is 0 Å². The number of rotatable bonds is 1. The first kappa shape index (κ1) is 9.32. The Kier molecular flexibility index (Phi) is 2.57. The molecule has 0 radical (unpaired) electrons. The minimum Gasteiger partial charge on any atom is -0.465 e. The highest BCUT2D eigenvalue weighted by Gasteiger charge is 2.32. The molecule has 4 heteroatoms. The summed E-state index contributed by atoms with van der Waals surface area (Å²) in [5.41, 5.74) is 0.0244. The Balaban J connectivity index is 2.54. The number of hydrogen-bond donors (Lipinski definition) is 3. The first-order valence-electron chi connectivity index (χ1n) is 4.22. The van der Waals surface area contributed by atoms with Crippen molar-refractivity contribution in [1.29, 1.82) is 0 Å². The van der Waals surface area contributed by atoms with E-state index >= 15 is 0 Å². The maximum absolute atomic E-state index is 10.4. The zero-order valence-electron chi connectivity index (χ0n) is 7.55. The van der Waals surface area contributed by atoms with E-state index in [4.69, 9.17) is 5.11 Å². The summed E-state index contributed by atoms with van der Waals surface area (Å²) >= 11 is 0. The van der Waals surface area contributed by atoms with Crippen molar-refractivity contribution >= 4 is 6.09 Å². The van der Waals surface area contributed by atoms with E-state index in [1.165, 1.54) is 0 Å². The van der Waals surface area contributed by atoms with Crippen molar-refractivity contribution in [2.24, 2.45) is 5.41 Å². The maximum atomic E-state index is 10.4. The summed E-state index contributed by atoms with van der Waals surface area (Å²) in [5.74, 6) is 0. The van der Waals surface area contributed by atoms with E-state index in [2.05, 4.69) is 24.5 Å². The van der Waals surface area contributed by atoms with Crippen LogP contribution in [0.25, 0.3) is 0 Å². The highest BCUT2D eigenvalue weighted by molar-refractivity contribution is 5.65. The van der Waals surface area contributed by atoms with Gasteiger partial charge < -0.3 is 15.7 Å². The van der Waals surface area contributed by atoms with Crippen molar-refractivity contribution in [2.45, 2.75) is 26.3 Å². The minimum absolute atomic E-state index is 0.0244. The van der Waals surface area contributed by atoms with Crippen LogP contribution in [0.15, 0.2) is 0 Å². The van der Waals surface area contributed by atoms with Crippen molar-refractivity contribution in [3.63, 3.8) is 0 Å². The van der Waals surface area contributed by atoms with E-state index in [0.717, 1.165) is 19.5 Å². The molecule has 1 aliphatic rings. The van der Waals surface area contributed by atoms with E-state index in [0.29, 0.717) is 0 Å². The number of carbonyl (C=O) groups is 1. The highest BCUT2D eigenvalue weighted by atomic mass is 16.4. The van der Waals surface area contributed by atoms with Crippen LogP contribution in [0.3, 0.4) is 0 Å². The summed E-state index contributed by atoms with van der Waals surface area (Å²) in [7, 11) is 0. The topological polar surface area (TPSA) is 61.4 Å². The average Bonchev–Trinajstić information content (AvgIpc) is 1.92. The van der Waals surface area contributed by atoms with E-state index in [1.54, 1.807) is 0 Å². The Morgan fingerprint density at radius 1 is 1.67 bits per heavy atom. The van der Waals surface area contributed by atoms with Gasteiger partial charge in [-0.25, -0.2) is 4.79 Å². The maximum Gasteiger partial charge on any atom is 0.404 e.